The molecule has 0 aliphatic heterocycles. The normalized spacial score (nSPS) is 11.9. The summed E-state index contributed by atoms with van der Waals surface area (Å²) < 4.78 is 5.34. The number of aliphatic carboxylic acids is 1. The van der Waals surface area contributed by atoms with E-state index in [2.05, 4.69) is 0 Å². The van der Waals surface area contributed by atoms with E-state index in [1.54, 1.807) is 12.1 Å². The van der Waals surface area contributed by atoms with Gasteiger partial charge in [0.25, 0.3) is 0 Å². The highest BCUT2D eigenvalue weighted by Crippen LogP contribution is 2.30. The molecule has 0 heterocycles. The Morgan fingerprint density at radius 1 is 1.21 bits per heavy atom. The minimum Gasteiger partial charge on any atom is -0.479 e. The standard InChI is InChI=1S/C15H13ClO3/c1-10(15(17)18)19-12-6-4-5-11(9-12)13-7-2-3-8-14(13)16/h2-10H,1H3,(H,17,18). The van der Waals surface area contributed by atoms with Crippen LogP contribution in [-0.4, -0.2) is 17.2 Å². The Kier molecular flexibility index (Phi) is 4.07. The fraction of sp³-hybridized carbons (Fsp3) is 0.133. The van der Waals surface area contributed by atoms with Gasteiger partial charge in [-0.15, -0.1) is 0 Å². The van der Waals surface area contributed by atoms with E-state index in [9.17, 15) is 4.79 Å². The lowest BCUT2D eigenvalue weighted by Crippen LogP contribution is -2.22. The van der Waals surface area contributed by atoms with Gasteiger partial charge in [0.1, 0.15) is 5.75 Å². The predicted molar refractivity (Wildman–Crippen MR) is 74.6 cm³/mol. The number of rotatable bonds is 4. The zero-order valence-corrected chi connectivity index (χ0v) is 11.1. The first-order valence-corrected chi connectivity index (χ1v) is 6.20. The molecular weight excluding hydrogens is 264 g/mol. The average molecular weight is 277 g/mol. The molecule has 0 spiro atoms. The fourth-order valence-corrected chi connectivity index (χ4v) is 1.93. The molecule has 0 aromatic heterocycles. The van der Waals surface area contributed by atoms with E-state index in [4.69, 9.17) is 21.4 Å². The zero-order valence-electron chi connectivity index (χ0n) is 10.3. The lowest BCUT2D eigenvalue weighted by atomic mass is 10.1. The minimum atomic E-state index is -0.997. The molecule has 19 heavy (non-hydrogen) atoms. The largest absolute Gasteiger partial charge is 0.479 e. The number of carboxylic acids is 1. The Hall–Kier alpha value is -2.00. The van der Waals surface area contributed by atoms with Crippen LogP contribution in [-0.2, 0) is 4.79 Å². The Balaban J connectivity index is 2.30. The summed E-state index contributed by atoms with van der Waals surface area (Å²) in [5.74, 6) is -0.490. The molecule has 0 aliphatic carbocycles. The van der Waals surface area contributed by atoms with Gasteiger partial charge in [-0.2, -0.15) is 0 Å². The molecule has 98 valence electrons. The molecular formula is C15H13ClO3. The van der Waals surface area contributed by atoms with Crippen molar-refractivity contribution in [1.82, 2.24) is 0 Å². The highest BCUT2D eigenvalue weighted by atomic mass is 35.5. The highest BCUT2D eigenvalue weighted by molar-refractivity contribution is 6.33. The molecule has 2 aromatic rings. The Bertz CT molecular complexity index is 595. The van der Waals surface area contributed by atoms with E-state index < -0.39 is 12.1 Å². The molecule has 4 heteroatoms. The van der Waals surface area contributed by atoms with Gasteiger partial charge in [-0.25, -0.2) is 4.79 Å². The van der Waals surface area contributed by atoms with Crippen molar-refractivity contribution in [2.24, 2.45) is 0 Å². The van der Waals surface area contributed by atoms with Crippen molar-refractivity contribution in [2.45, 2.75) is 13.0 Å². The lowest BCUT2D eigenvalue weighted by molar-refractivity contribution is -0.144. The maximum Gasteiger partial charge on any atom is 0.344 e. The number of carbonyl (C=O) groups is 1. The average Bonchev–Trinajstić information content (AvgIpc) is 2.39. The van der Waals surface area contributed by atoms with Crippen molar-refractivity contribution in [3.63, 3.8) is 0 Å². The first-order valence-electron chi connectivity index (χ1n) is 5.82. The number of hydrogen-bond acceptors (Lipinski definition) is 2. The van der Waals surface area contributed by atoms with Gasteiger partial charge in [-0.05, 0) is 30.7 Å². The maximum atomic E-state index is 10.8. The van der Waals surface area contributed by atoms with Crippen LogP contribution in [0.3, 0.4) is 0 Å². The number of benzene rings is 2. The lowest BCUT2D eigenvalue weighted by Gasteiger charge is -2.12. The third-order valence-corrected chi connectivity index (χ3v) is 3.01. The van der Waals surface area contributed by atoms with E-state index in [1.165, 1.54) is 6.92 Å². The van der Waals surface area contributed by atoms with Crippen LogP contribution in [0.1, 0.15) is 6.92 Å². The van der Waals surface area contributed by atoms with Crippen LogP contribution in [0.25, 0.3) is 11.1 Å². The van der Waals surface area contributed by atoms with Gasteiger partial charge in [0.15, 0.2) is 6.10 Å². The highest BCUT2D eigenvalue weighted by Gasteiger charge is 2.12. The molecule has 1 atom stereocenters. The molecule has 3 nitrogen and oxygen atoms in total. The third-order valence-electron chi connectivity index (χ3n) is 2.68. The van der Waals surface area contributed by atoms with E-state index in [1.807, 2.05) is 36.4 Å². The SMILES string of the molecule is CC(Oc1cccc(-c2ccccc2Cl)c1)C(=O)O. The van der Waals surface area contributed by atoms with E-state index in [0.29, 0.717) is 10.8 Å². The van der Waals surface area contributed by atoms with Gasteiger partial charge in [0.05, 0.1) is 0 Å². The van der Waals surface area contributed by atoms with Gasteiger partial charge in [0, 0.05) is 10.6 Å². The molecule has 0 radical (unpaired) electrons. The molecule has 0 saturated carbocycles. The van der Waals surface area contributed by atoms with Gasteiger partial charge in [-0.3, -0.25) is 0 Å². The number of halogens is 1. The van der Waals surface area contributed by atoms with Gasteiger partial charge >= 0.3 is 5.97 Å². The summed E-state index contributed by atoms with van der Waals surface area (Å²) in [6, 6.07) is 14.7. The van der Waals surface area contributed by atoms with Crippen LogP contribution in [0.5, 0.6) is 5.75 Å². The Labute approximate surface area is 116 Å². The second-order valence-electron chi connectivity index (χ2n) is 4.11. The summed E-state index contributed by atoms with van der Waals surface area (Å²) in [6.07, 6.45) is -0.888. The van der Waals surface area contributed by atoms with E-state index in [-0.39, 0.29) is 0 Å². The monoisotopic (exact) mass is 276 g/mol. The molecule has 1 N–H and O–H groups in total. The van der Waals surface area contributed by atoms with E-state index >= 15 is 0 Å². The quantitative estimate of drug-likeness (QED) is 0.922. The summed E-state index contributed by atoms with van der Waals surface area (Å²) in [5, 5.41) is 9.47. The Morgan fingerprint density at radius 2 is 1.95 bits per heavy atom. The number of ether oxygens (including phenoxy) is 1. The van der Waals surface area contributed by atoms with Crippen LogP contribution >= 0.6 is 11.6 Å². The van der Waals surface area contributed by atoms with Gasteiger partial charge in [0.2, 0.25) is 0 Å². The van der Waals surface area contributed by atoms with Crippen molar-refractivity contribution in [3.8, 4) is 16.9 Å². The predicted octanol–water partition coefficient (Wildman–Crippen LogP) is 3.86. The molecule has 1 unspecified atom stereocenters. The number of hydrogen-bond donors (Lipinski definition) is 1. The summed E-state index contributed by atoms with van der Waals surface area (Å²) in [6.45, 7) is 1.49. The first kappa shape index (κ1) is 13.4. The molecule has 0 saturated heterocycles. The Morgan fingerprint density at radius 3 is 2.63 bits per heavy atom. The van der Waals surface area contributed by atoms with Crippen LogP contribution in [0.2, 0.25) is 5.02 Å². The first-order chi connectivity index (χ1) is 9.08. The van der Waals surface area contributed by atoms with Crippen molar-refractivity contribution < 1.29 is 14.6 Å². The van der Waals surface area contributed by atoms with Crippen LogP contribution in [0.4, 0.5) is 0 Å². The summed E-state index contributed by atoms with van der Waals surface area (Å²) >= 11 is 6.13. The van der Waals surface area contributed by atoms with E-state index in [0.717, 1.165) is 11.1 Å². The minimum absolute atomic E-state index is 0.507. The fourth-order valence-electron chi connectivity index (χ4n) is 1.69. The third kappa shape index (κ3) is 3.26. The molecule has 0 bridgehead atoms. The van der Waals surface area contributed by atoms with Gasteiger partial charge in [-0.1, -0.05) is 41.9 Å². The smallest absolute Gasteiger partial charge is 0.344 e. The molecule has 2 aromatic carbocycles. The molecule has 0 aliphatic rings. The molecule has 0 amide bonds. The van der Waals surface area contributed by atoms with Gasteiger partial charge < -0.3 is 9.84 Å². The van der Waals surface area contributed by atoms with Crippen LogP contribution in [0, 0.1) is 0 Å². The maximum absolute atomic E-state index is 10.8. The van der Waals surface area contributed by atoms with Crippen LogP contribution in [0.15, 0.2) is 48.5 Å². The summed E-state index contributed by atoms with van der Waals surface area (Å²) in [7, 11) is 0. The van der Waals surface area contributed by atoms with Crippen molar-refractivity contribution in [2.75, 3.05) is 0 Å². The molecule has 0 fully saturated rings. The zero-order chi connectivity index (χ0) is 13.8. The second kappa shape index (κ2) is 5.76. The van der Waals surface area contributed by atoms with Crippen molar-refractivity contribution >= 4 is 17.6 Å². The second-order valence-corrected chi connectivity index (χ2v) is 4.51. The topological polar surface area (TPSA) is 46.5 Å². The molecule has 2 rings (SSSR count). The van der Waals surface area contributed by atoms with Crippen molar-refractivity contribution in [1.29, 1.82) is 0 Å². The summed E-state index contributed by atoms with van der Waals surface area (Å²) in [4.78, 5) is 10.8. The van der Waals surface area contributed by atoms with Crippen molar-refractivity contribution in [3.05, 3.63) is 53.6 Å². The number of carboxylic acid groups (broad SMARTS) is 1. The summed E-state index contributed by atoms with van der Waals surface area (Å²) in [5.41, 5.74) is 1.78. The van der Waals surface area contributed by atoms with Crippen LogP contribution < -0.4 is 4.74 Å².